The van der Waals surface area contributed by atoms with Crippen molar-refractivity contribution in [2.45, 2.75) is 47.1 Å². The molecule has 0 bridgehead atoms. The average Bonchev–Trinajstić information content (AvgIpc) is 2.83. The standard InChI is InChI=1S/C19H29N5/c1-13(2)17-7-6-8-18(10-17)22-19(20)21-11-14(3)12-24-16(5)9-15(4)23-24/h6-10,13-14H,11-12H2,1-5H3,(H3,20,21,22). The van der Waals surface area contributed by atoms with Crippen LogP contribution in [0.2, 0.25) is 0 Å². The van der Waals surface area contributed by atoms with Gasteiger partial charge in [-0.1, -0.05) is 32.9 Å². The van der Waals surface area contributed by atoms with E-state index in [0.29, 0.717) is 24.3 Å². The van der Waals surface area contributed by atoms with Crippen molar-refractivity contribution < 1.29 is 0 Å². The summed E-state index contributed by atoms with van der Waals surface area (Å²) < 4.78 is 2.03. The molecule has 1 atom stereocenters. The molecule has 1 heterocycles. The van der Waals surface area contributed by atoms with Crippen molar-refractivity contribution in [2.75, 3.05) is 11.9 Å². The van der Waals surface area contributed by atoms with Gasteiger partial charge in [0.2, 0.25) is 0 Å². The summed E-state index contributed by atoms with van der Waals surface area (Å²) in [5, 5.41) is 7.67. The van der Waals surface area contributed by atoms with Crippen molar-refractivity contribution in [3.05, 3.63) is 47.3 Å². The lowest BCUT2D eigenvalue weighted by Crippen LogP contribution is -2.24. The second-order valence-electron chi connectivity index (χ2n) is 6.85. The van der Waals surface area contributed by atoms with Crippen LogP contribution in [0, 0.1) is 19.8 Å². The van der Waals surface area contributed by atoms with Gasteiger partial charge in [0.05, 0.1) is 5.69 Å². The van der Waals surface area contributed by atoms with Gasteiger partial charge in [-0.3, -0.25) is 9.67 Å². The number of hydrogen-bond donors (Lipinski definition) is 2. The number of nitrogens with one attached hydrogen (secondary N) is 1. The number of hydrogen-bond acceptors (Lipinski definition) is 2. The third kappa shape index (κ3) is 5.11. The maximum absolute atomic E-state index is 6.02. The highest BCUT2D eigenvalue weighted by molar-refractivity contribution is 5.92. The van der Waals surface area contributed by atoms with E-state index >= 15 is 0 Å². The van der Waals surface area contributed by atoms with Gasteiger partial charge in [0.25, 0.3) is 0 Å². The Labute approximate surface area is 145 Å². The Morgan fingerprint density at radius 2 is 2.00 bits per heavy atom. The molecule has 1 aromatic carbocycles. The van der Waals surface area contributed by atoms with Crippen molar-refractivity contribution in [3.63, 3.8) is 0 Å². The largest absolute Gasteiger partial charge is 0.370 e. The van der Waals surface area contributed by atoms with Crippen LogP contribution in [-0.4, -0.2) is 22.3 Å². The van der Waals surface area contributed by atoms with Gasteiger partial charge in [0.15, 0.2) is 5.96 Å². The monoisotopic (exact) mass is 327 g/mol. The minimum Gasteiger partial charge on any atom is -0.370 e. The molecule has 1 unspecified atom stereocenters. The molecule has 0 radical (unpaired) electrons. The van der Waals surface area contributed by atoms with Crippen LogP contribution in [0.3, 0.4) is 0 Å². The van der Waals surface area contributed by atoms with Gasteiger partial charge < -0.3 is 11.1 Å². The fraction of sp³-hybridized carbons (Fsp3) is 0.474. The summed E-state index contributed by atoms with van der Waals surface area (Å²) in [6.07, 6.45) is 0. The van der Waals surface area contributed by atoms with Crippen LogP contribution in [0.15, 0.2) is 35.3 Å². The Kier molecular flexibility index (Phi) is 6.01. The second kappa shape index (κ2) is 7.99. The molecule has 0 aliphatic carbocycles. The maximum atomic E-state index is 6.02. The first-order valence-electron chi connectivity index (χ1n) is 8.53. The first-order chi connectivity index (χ1) is 11.3. The molecule has 5 nitrogen and oxygen atoms in total. The lowest BCUT2D eigenvalue weighted by molar-refractivity contribution is 0.450. The number of aromatic nitrogens is 2. The second-order valence-corrected chi connectivity index (χ2v) is 6.85. The number of nitrogens with zero attached hydrogens (tertiary/aromatic N) is 3. The maximum Gasteiger partial charge on any atom is 0.193 e. The van der Waals surface area contributed by atoms with Gasteiger partial charge in [0.1, 0.15) is 0 Å². The van der Waals surface area contributed by atoms with Gasteiger partial charge in [-0.05, 0) is 49.4 Å². The molecule has 24 heavy (non-hydrogen) atoms. The first kappa shape index (κ1) is 18.0. The summed E-state index contributed by atoms with van der Waals surface area (Å²) in [4.78, 5) is 4.47. The van der Waals surface area contributed by atoms with E-state index in [2.05, 4.69) is 61.3 Å². The Morgan fingerprint density at radius 3 is 2.62 bits per heavy atom. The summed E-state index contributed by atoms with van der Waals surface area (Å²) >= 11 is 0. The van der Waals surface area contributed by atoms with Gasteiger partial charge >= 0.3 is 0 Å². The lowest BCUT2D eigenvalue weighted by Gasteiger charge is -2.12. The zero-order chi connectivity index (χ0) is 17.7. The van der Waals surface area contributed by atoms with Crippen molar-refractivity contribution in [3.8, 4) is 0 Å². The predicted molar refractivity (Wildman–Crippen MR) is 102 cm³/mol. The molecule has 5 heteroatoms. The zero-order valence-corrected chi connectivity index (χ0v) is 15.4. The summed E-state index contributed by atoms with van der Waals surface area (Å²) in [6.45, 7) is 12.1. The molecule has 2 aromatic rings. The molecule has 2 rings (SSSR count). The number of anilines is 1. The van der Waals surface area contributed by atoms with Crippen molar-refractivity contribution in [1.82, 2.24) is 9.78 Å². The summed E-state index contributed by atoms with van der Waals surface area (Å²) in [5.74, 6) is 1.31. The molecular weight excluding hydrogens is 298 g/mol. The molecule has 0 fully saturated rings. The minimum atomic E-state index is 0.366. The lowest BCUT2D eigenvalue weighted by atomic mass is 10.0. The highest BCUT2D eigenvalue weighted by Crippen LogP contribution is 2.18. The predicted octanol–water partition coefficient (Wildman–Crippen LogP) is 3.69. The van der Waals surface area contributed by atoms with E-state index in [-0.39, 0.29) is 0 Å². The van der Waals surface area contributed by atoms with Crippen LogP contribution in [0.5, 0.6) is 0 Å². The number of nitrogens with two attached hydrogens (primary N) is 1. The van der Waals surface area contributed by atoms with Crippen molar-refractivity contribution in [1.29, 1.82) is 0 Å². The van der Waals surface area contributed by atoms with E-state index in [1.807, 2.05) is 23.7 Å². The molecule has 0 saturated carbocycles. The fourth-order valence-corrected chi connectivity index (χ4v) is 2.63. The molecule has 130 valence electrons. The van der Waals surface area contributed by atoms with Crippen LogP contribution < -0.4 is 11.1 Å². The Balaban J connectivity index is 1.91. The molecule has 0 aliphatic rings. The number of rotatable bonds is 6. The molecule has 0 amide bonds. The normalized spacial score (nSPS) is 13.3. The zero-order valence-electron chi connectivity index (χ0n) is 15.4. The SMILES string of the molecule is Cc1cc(C)n(CC(C)CN=C(N)Nc2cccc(C(C)C)c2)n1. The fourth-order valence-electron chi connectivity index (χ4n) is 2.63. The van der Waals surface area contributed by atoms with E-state index in [0.717, 1.165) is 17.9 Å². The van der Waals surface area contributed by atoms with E-state index in [1.54, 1.807) is 0 Å². The highest BCUT2D eigenvalue weighted by Gasteiger charge is 2.07. The molecule has 0 aliphatic heterocycles. The summed E-state index contributed by atoms with van der Waals surface area (Å²) in [6, 6.07) is 10.4. The Hall–Kier alpha value is -2.30. The van der Waals surface area contributed by atoms with Crippen LogP contribution in [0.1, 0.15) is 43.6 Å². The summed E-state index contributed by atoms with van der Waals surface area (Å²) in [5.41, 5.74) is 10.5. The van der Waals surface area contributed by atoms with Crippen molar-refractivity contribution >= 4 is 11.6 Å². The van der Waals surface area contributed by atoms with E-state index in [1.165, 1.54) is 11.3 Å². The van der Waals surface area contributed by atoms with Crippen LogP contribution in [0.4, 0.5) is 5.69 Å². The number of aryl methyl sites for hydroxylation is 2. The van der Waals surface area contributed by atoms with Gasteiger partial charge in [0, 0.05) is 24.5 Å². The molecule has 0 spiro atoms. The van der Waals surface area contributed by atoms with Gasteiger partial charge in [-0.2, -0.15) is 5.10 Å². The van der Waals surface area contributed by atoms with Crippen molar-refractivity contribution in [2.24, 2.45) is 16.6 Å². The van der Waals surface area contributed by atoms with Crippen LogP contribution in [0.25, 0.3) is 0 Å². The molecule has 1 aromatic heterocycles. The van der Waals surface area contributed by atoms with E-state index < -0.39 is 0 Å². The van der Waals surface area contributed by atoms with Gasteiger partial charge in [-0.15, -0.1) is 0 Å². The van der Waals surface area contributed by atoms with Gasteiger partial charge in [-0.25, -0.2) is 0 Å². The number of benzene rings is 1. The highest BCUT2D eigenvalue weighted by atomic mass is 15.3. The van der Waals surface area contributed by atoms with E-state index in [4.69, 9.17) is 5.73 Å². The van der Waals surface area contributed by atoms with Crippen LogP contribution >= 0.6 is 0 Å². The Bertz CT molecular complexity index is 700. The smallest absolute Gasteiger partial charge is 0.193 e. The number of guanidine groups is 1. The minimum absolute atomic E-state index is 0.366. The first-order valence-corrected chi connectivity index (χ1v) is 8.53. The molecule has 3 N–H and O–H groups in total. The quantitative estimate of drug-likeness (QED) is 0.628. The molecule has 0 saturated heterocycles. The molecular formula is C19H29N5. The summed E-state index contributed by atoms with van der Waals surface area (Å²) in [7, 11) is 0. The van der Waals surface area contributed by atoms with E-state index in [9.17, 15) is 0 Å². The third-order valence-electron chi connectivity index (χ3n) is 3.99. The topological polar surface area (TPSA) is 68.2 Å². The number of aliphatic imine (C=N–C) groups is 1. The third-order valence-corrected chi connectivity index (χ3v) is 3.99. The van der Waals surface area contributed by atoms with Crippen LogP contribution in [-0.2, 0) is 6.54 Å². The Morgan fingerprint density at radius 1 is 1.25 bits per heavy atom. The average molecular weight is 327 g/mol.